The molecule has 0 radical (unpaired) electrons. The highest BCUT2D eigenvalue weighted by Crippen LogP contribution is 2.41. The first kappa shape index (κ1) is 11.5. The number of hydrogen-bond acceptors (Lipinski definition) is 3. The molecule has 1 aliphatic carbocycles. The Balaban J connectivity index is 1.98. The molecule has 20 heavy (non-hydrogen) atoms. The van der Waals surface area contributed by atoms with Gasteiger partial charge in [-0.15, -0.1) is 0 Å². The highest BCUT2D eigenvalue weighted by Gasteiger charge is 2.29. The molecular weight excluding hydrogens is 250 g/mol. The number of benzene rings is 1. The van der Waals surface area contributed by atoms with Crippen molar-refractivity contribution in [1.82, 2.24) is 14.5 Å². The van der Waals surface area contributed by atoms with E-state index in [0.717, 1.165) is 28.1 Å². The lowest BCUT2D eigenvalue weighted by Gasteiger charge is -2.08. The van der Waals surface area contributed by atoms with Gasteiger partial charge in [0.05, 0.1) is 0 Å². The molecule has 2 heterocycles. The Labute approximate surface area is 116 Å². The molecule has 3 aromatic rings. The van der Waals surface area contributed by atoms with Crippen molar-refractivity contribution >= 4 is 11.2 Å². The van der Waals surface area contributed by atoms with Crippen molar-refractivity contribution in [3.05, 3.63) is 42.1 Å². The molecule has 0 atom stereocenters. The SMILES string of the molecule is Cc1ccc(-c2nc3cccnc3n2C2CC2)cc1O. The van der Waals surface area contributed by atoms with Gasteiger partial charge >= 0.3 is 0 Å². The van der Waals surface area contributed by atoms with Crippen LogP contribution in [0.4, 0.5) is 0 Å². The number of aromatic nitrogens is 3. The van der Waals surface area contributed by atoms with Crippen LogP contribution in [0.15, 0.2) is 36.5 Å². The number of aromatic hydroxyl groups is 1. The van der Waals surface area contributed by atoms with Crippen LogP contribution in [0.5, 0.6) is 5.75 Å². The van der Waals surface area contributed by atoms with E-state index < -0.39 is 0 Å². The van der Waals surface area contributed by atoms with Crippen LogP contribution >= 0.6 is 0 Å². The average molecular weight is 265 g/mol. The summed E-state index contributed by atoms with van der Waals surface area (Å²) in [7, 11) is 0. The number of aryl methyl sites for hydroxylation is 1. The molecular formula is C16H15N3O. The molecule has 4 heteroatoms. The standard InChI is InChI=1S/C16H15N3O/c1-10-4-5-11(9-14(10)20)15-18-13-3-2-8-17-16(13)19(15)12-6-7-12/h2-5,8-9,12,20H,6-7H2,1H3. The summed E-state index contributed by atoms with van der Waals surface area (Å²) in [6.07, 6.45) is 4.15. The number of pyridine rings is 1. The molecule has 0 spiro atoms. The molecule has 1 N–H and O–H groups in total. The van der Waals surface area contributed by atoms with Gasteiger partial charge in [0.25, 0.3) is 0 Å². The van der Waals surface area contributed by atoms with Crippen LogP contribution in [0.1, 0.15) is 24.4 Å². The number of nitrogens with zero attached hydrogens (tertiary/aromatic N) is 3. The van der Waals surface area contributed by atoms with Gasteiger partial charge in [-0.2, -0.15) is 0 Å². The second-order valence-electron chi connectivity index (χ2n) is 5.38. The maximum Gasteiger partial charge on any atom is 0.160 e. The molecule has 4 rings (SSSR count). The van der Waals surface area contributed by atoms with E-state index in [4.69, 9.17) is 4.98 Å². The van der Waals surface area contributed by atoms with E-state index in [-0.39, 0.29) is 0 Å². The number of imidazole rings is 1. The van der Waals surface area contributed by atoms with Crippen molar-refractivity contribution in [3.63, 3.8) is 0 Å². The van der Waals surface area contributed by atoms with E-state index in [0.29, 0.717) is 11.8 Å². The maximum absolute atomic E-state index is 9.93. The van der Waals surface area contributed by atoms with Gasteiger partial charge in [0.15, 0.2) is 5.65 Å². The van der Waals surface area contributed by atoms with Gasteiger partial charge in [-0.25, -0.2) is 9.97 Å². The Kier molecular flexibility index (Phi) is 2.33. The molecule has 0 amide bonds. The van der Waals surface area contributed by atoms with Gasteiger partial charge < -0.3 is 9.67 Å². The third-order valence-electron chi connectivity index (χ3n) is 3.83. The molecule has 4 nitrogen and oxygen atoms in total. The number of phenols is 1. The monoisotopic (exact) mass is 265 g/mol. The third kappa shape index (κ3) is 1.68. The zero-order valence-electron chi connectivity index (χ0n) is 11.2. The Hall–Kier alpha value is -2.36. The predicted octanol–water partition coefficient (Wildman–Crippen LogP) is 3.45. The van der Waals surface area contributed by atoms with E-state index in [1.807, 2.05) is 31.2 Å². The van der Waals surface area contributed by atoms with E-state index in [1.165, 1.54) is 12.8 Å². The van der Waals surface area contributed by atoms with Crippen LogP contribution in [0.25, 0.3) is 22.6 Å². The molecule has 1 aromatic carbocycles. The molecule has 0 aliphatic heterocycles. The predicted molar refractivity (Wildman–Crippen MR) is 77.6 cm³/mol. The van der Waals surface area contributed by atoms with E-state index >= 15 is 0 Å². The van der Waals surface area contributed by atoms with Crippen molar-refractivity contribution in [1.29, 1.82) is 0 Å². The largest absolute Gasteiger partial charge is 0.508 e. The number of rotatable bonds is 2. The molecule has 2 aromatic heterocycles. The number of fused-ring (bicyclic) bond motifs is 1. The summed E-state index contributed by atoms with van der Waals surface area (Å²) in [5.74, 6) is 1.21. The zero-order chi connectivity index (χ0) is 13.7. The maximum atomic E-state index is 9.93. The second-order valence-corrected chi connectivity index (χ2v) is 5.38. The summed E-state index contributed by atoms with van der Waals surface area (Å²) in [6, 6.07) is 10.1. The van der Waals surface area contributed by atoms with Crippen LogP contribution in [-0.4, -0.2) is 19.6 Å². The van der Waals surface area contributed by atoms with Crippen molar-refractivity contribution < 1.29 is 5.11 Å². The fraction of sp³-hybridized carbons (Fsp3) is 0.250. The smallest absolute Gasteiger partial charge is 0.160 e. The van der Waals surface area contributed by atoms with Gasteiger partial charge in [-0.1, -0.05) is 12.1 Å². The van der Waals surface area contributed by atoms with Crippen molar-refractivity contribution in [2.24, 2.45) is 0 Å². The van der Waals surface area contributed by atoms with Crippen molar-refractivity contribution in [2.75, 3.05) is 0 Å². The molecule has 0 unspecified atom stereocenters. The molecule has 100 valence electrons. The second kappa shape index (κ2) is 4.07. The average Bonchev–Trinajstić information content (AvgIpc) is 3.22. The summed E-state index contributed by atoms with van der Waals surface area (Å²) >= 11 is 0. The highest BCUT2D eigenvalue weighted by molar-refractivity contribution is 5.78. The molecule has 1 fully saturated rings. The number of hydrogen-bond donors (Lipinski definition) is 1. The zero-order valence-corrected chi connectivity index (χ0v) is 11.2. The fourth-order valence-corrected chi connectivity index (χ4v) is 2.56. The quantitative estimate of drug-likeness (QED) is 0.772. The lowest BCUT2D eigenvalue weighted by atomic mass is 10.1. The number of phenolic OH excluding ortho intramolecular Hbond substituents is 1. The van der Waals surface area contributed by atoms with Crippen LogP contribution in [-0.2, 0) is 0 Å². The normalized spacial score (nSPS) is 14.8. The fourth-order valence-electron chi connectivity index (χ4n) is 2.56. The van der Waals surface area contributed by atoms with Crippen LogP contribution in [0.2, 0.25) is 0 Å². The van der Waals surface area contributed by atoms with Gasteiger partial charge in [0.1, 0.15) is 17.1 Å². The first-order valence-electron chi connectivity index (χ1n) is 6.87. The van der Waals surface area contributed by atoms with E-state index in [2.05, 4.69) is 9.55 Å². The van der Waals surface area contributed by atoms with Gasteiger partial charge in [0.2, 0.25) is 0 Å². The Bertz CT molecular complexity index is 803. The van der Waals surface area contributed by atoms with Crippen molar-refractivity contribution in [3.8, 4) is 17.1 Å². The topological polar surface area (TPSA) is 50.9 Å². The van der Waals surface area contributed by atoms with Crippen LogP contribution < -0.4 is 0 Å². The Morgan fingerprint density at radius 2 is 2.10 bits per heavy atom. The third-order valence-corrected chi connectivity index (χ3v) is 3.83. The highest BCUT2D eigenvalue weighted by atomic mass is 16.3. The minimum atomic E-state index is 0.310. The molecule has 0 saturated heterocycles. The summed E-state index contributed by atoms with van der Waals surface area (Å²) in [5.41, 5.74) is 3.67. The first-order valence-corrected chi connectivity index (χ1v) is 6.87. The van der Waals surface area contributed by atoms with Crippen LogP contribution in [0.3, 0.4) is 0 Å². The Morgan fingerprint density at radius 3 is 2.85 bits per heavy atom. The summed E-state index contributed by atoms with van der Waals surface area (Å²) in [4.78, 5) is 9.17. The minimum absolute atomic E-state index is 0.310. The summed E-state index contributed by atoms with van der Waals surface area (Å²) < 4.78 is 2.21. The molecule has 1 aliphatic rings. The van der Waals surface area contributed by atoms with Gasteiger partial charge in [0, 0.05) is 17.8 Å². The molecule has 0 bridgehead atoms. The van der Waals surface area contributed by atoms with E-state index in [1.54, 1.807) is 12.3 Å². The summed E-state index contributed by atoms with van der Waals surface area (Å²) in [5, 5.41) is 9.93. The molecule has 1 saturated carbocycles. The van der Waals surface area contributed by atoms with E-state index in [9.17, 15) is 5.11 Å². The van der Waals surface area contributed by atoms with Crippen LogP contribution in [0, 0.1) is 6.92 Å². The van der Waals surface area contributed by atoms with Gasteiger partial charge in [-0.3, -0.25) is 0 Å². The minimum Gasteiger partial charge on any atom is -0.508 e. The van der Waals surface area contributed by atoms with Gasteiger partial charge in [-0.05, 0) is 43.5 Å². The lowest BCUT2D eigenvalue weighted by molar-refractivity contribution is 0.471. The lowest BCUT2D eigenvalue weighted by Crippen LogP contribution is -1.98. The summed E-state index contributed by atoms with van der Waals surface area (Å²) in [6.45, 7) is 1.89. The Morgan fingerprint density at radius 1 is 1.25 bits per heavy atom. The van der Waals surface area contributed by atoms with Crippen molar-refractivity contribution in [2.45, 2.75) is 25.8 Å². The first-order chi connectivity index (χ1) is 9.74.